The Labute approximate surface area is 151 Å². The fourth-order valence-corrected chi connectivity index (χ4v) is 3.27. The molecular formula is C18H22N6O2. The molecule has 3 heterocycles. The maximum Gasteiger partial charge on any atom is 0.246 e. The molecule has 2 aromatic heterocycles. The lowest BCUT2D eigenvalue weighted by molar-refractivity contribution is -0.124. The summed E-state index contributed by atoms with van der Waals surface area (Å²) < 4.78 is 6.83. The predicted octanol–water partition coefficient (Wildman–Crippen LogP) is 1.04. The van der Waals surface area contributed by atoms with E-state index in [0.717, 1.165) is 54.4 Å². The first-order valence-electron chi connectivity index (χ1n) is 8.68. The van der Waals surface area contributed by atoms with E-state index >= 15 is 0 Å². The van der Waals surface area contributed by atoms with Crippen molar-refractivity contribution in [3.63, 3.8) is 0 Å². The van der Waals surface area contributed by atoms with E-state index in [1.807, 2.05) is 28.9 Å². The number of hydrogen-bond acceptors (Lipinski definition) is 5. The summed E-state index contributed by atoms with van der Waals surface area (Å²) in [6.45, 7) is 3.84. The average Bonchev–Trinajstić information content (AvgIpc) is 3.22. The van der Waals surface area contributed by atoms with E-state index in [4.69, 9.17) is 4.74 Å². The van der Waals surface area contributed by atoms with Crippen molar-refractivity contribution in [2.75, 3.05) is 20.3 Å². The maximum absolute atomic E-state index is 11.5. The molecule has 1 aromatic carbocycles. The van der Waals surface area contributed by atoms with Gasteiger partial charge in [-0.25, -0.2) is 4.98 Å². The highest BCUT2D eigenvalue weighted by Gasteiger charge is 2.19. The number of benzene rings is 1. The van der Waals surface area contributed by atoms with Gasteiger partial charge < -0.3 is 15.0 Å². The van der Waals surface area contributed by atoms with Gasteiger partial charge in [0.25, 0.3) is 0 Å². The van der Waals surface area contributed by atoms with Crippen molar-refractivity contribution in [1.29, 1.82) is 0 Å². The van der Waals surface area contributed by atoms with Crippen LogP contribution in [0.3, 0.4) is 0 Å². The second kappa shape index (κ2) is 7.27. The number of nitrogens with zero attached hydrogens (tertiary/aromatic N) is 4. The van der Waals surface area contributed by atoms with Crippen LogP contribution in [0.25, 0.3) is 11.0 Å². The molecule has 1 amide bonds. The van der Waals surface area contributed by atoms with Crippen LogP contribution in [0.5, 0.6) is 0 Å². The number of para-hydroxylation sites is 2. The number of nitrogens with one attached hydrogen (secondary N) is 2. The number of methoxy groups -OCH3 is 1. The molecular weight excluding hydrogens is 332 g/mol. The van der Waals surface area contributed by atoms with E-state index in [1.165, 1.54) is 7.11 Å². The third-order valence-electron chi connectivity index (χ3n) is 4.48. The summed E-state index contributed by atoms with van der Waals surface area (Å²) in [5.74, 6) is 0.844. The molecule has 0 atom stereocenters. The molecule has 0 aliphatic carbocycles. The van der Waals surface area contributed by atoms with Crippen molar-refractivity contribution in [1.82, 2.24) is 30.0 Å². The number of aromatic nitrogens is 4. The van der Waals surface area contributed by atoms with E-state index in [9.17, 15) is 4.79 Å². The van der Waals surface area contributed by atoms with Crippen LogP contribution in [0.15, 0.2) is 30.3 Å². The Morgan fingerprint density at radius 3 is 3.08 bits per heavy atom. The lowest BCUT2D eigenvalue weighted by atomic mass is 10.2. The Bertz CT molecular complexity index is 882. The largest absolute Gasteiger partial charge is 0.375 e. The summed E-state index contributed by atoms with van der Waals surface area (Å²) in [5, 5.41) is 7.38. The molecule has 0 unspecified atom stereocenters. The van der Waals surface area contributed by atoms with Gasteiger partial charge >= 0.3 is 0 Å². The zero-order chi connectivity index (χ0) is 17.9. The van der Waals surface area contributed by atoms with E-state index in [1.54, 1.807) is 0 Å². The Balaban J connectivity index is 1.38. The topological polar surface area (TPSA) is 88.1 Å². The molecule has 8 heteroatoms. The van der Waals surface area contributed by atoms with Crippen molar-refractivity contribution in [2.24, 2.45) is 0 Å². The van der Waals surface area contributed by atoms with Crippen molar-refractivity contribution < 1.29 is 9.53 Å². The quantitative estimate of drug-likeness (QED) is 0.690. The molecule has 0 spiro atoms. The number of ether oxygens (including phenoxy) is 1. The van der Waals surface area contributed by atoms with Gasteiger partial charge in [0.1, 0.15) is 12.4 Å². The summed E-state index contributed by atoms with van der Waals surface area (Å²) in [4.78, 5) is 21.9. The van der Waals surface area contributed by atoms with Crippen molar-refractivity contribution >= 4 is 16.9 Å². The van der Waals surface area contributed by atoms with Gasteiger partial charge in [-0.1, -0.05) is 12.1 Å². The number of rotatable bonds is 6. The van der Waals surface area contributed by atoms with Gasteiger partial charge in [-0.05, 0) is 18.2 Å². The van der Waals surface area contributed by atoms with Crippen LogP contribution >= 0.6 is 0 Å². The monoisotopic (exact) mass is 354 g/mol. The van der Waals surface area contributed by atoms with Crippen LogP contribution in [0.4, 0.5) is 0 Å². The van der Waals surface area contributed by atoms with Crippen molar-refractivity contribution in [3.8, 4) is 0 Å². The van der Waals surface area contributed by atoms with Gasteiger partial charge in [0.05, 0.1) is 42.1 Å². The molecule has 26 heavy (non-hydrogen) atoms. The fraction of sp³-hybridized carbons (Fsp3) is 0.389. The van der Waals surface area contributed by atoms with E-state index < -0.39 is 0 Å². The van der Waals surface area contributed by atoms with Gasteiger partial charge in [0.2, 0.25) is 5.91 Å². The highest BCUT2D eigenvalue weighted by atomic mass is 16.5. The molecule has 1 aliphatic heterocycles. The third kappa shape index (κ3) is 3.61. The predicted molar refractivity (Wildman–Crippen MR) is 96.2 cm³/mol. The molecule has 8 nitrogen and oxygen atoms in total. The minimum atomic E-state index is -0.134. The molecule has 3 aromatic rings. The van der Waals surface area contributed by atoms with E-state index in [2.05, 4.69) is 31.3 Å². The Hall–Kier alpha value is -2.71. The lowest BCUT2D eigenvalue weighted by Gasteiger charge is -2.26. The molecule has 0 saturated heterocycles. The summed E-state index contributed by atoms with van der Waals surface area (Å²) >= 11 is 0. The zero-order valence-corrected chi connectivity index (χ0v) is 14.7. The minimum absolute atomic E-state index is 0.0683. The van der Waals surface area contributed by atoms with Crippen LogP contribution in [0, 0.1) is 0 Å². The second-order valence-corrected chi connectivity index (χ2v) is 6.47. The average molecular weight is 354 g/mol. The van der Waals surface area contributed by atoms with E-state index in [0.29, 0.717) is 6.54 Å². The smallest absolute Gasteiger partial charge is 0.246 e. The van der Waals surface area contributed by atoms with Gasteiger partial charge in [-0.2, -0.15) is 5.10 Å². The van der Waals surface area contributed by atoms with E-state index in [-0.39, 0.29) is 12.5 Å². The van der Waals surface area contributed by atoms with Crippen LogP contribution in [0.1, 0.15) is 17.2 Å². The number of carbonyl (C=O) groups is 1. The third-order valence-corrected chi connectivity index (χ3v) is 4.48. The molecule has 0 saturated carbocycles. The van der Waals surface area contributed by atoms with Crippen molar-refractivity contribution in [2.45, 2.75) is 26.2 Å². The lowest BCUT2D eigenvalue weighted by Crippen LogP contribution is -2.33. The highest BCUT2D eigenvalue weighted by Crippen LogP contribution is 2.17. The van der Waals surface area contributed by atoms with Gasteiger partial charge in [-0.3, -0.25) is 14.4 Å². The highest BCUT2D eigenvalue weighted by molar-refractivity contribution is 5.77. The number of fused-ring (bicyclic) bond motifs is 2. The van der Waals surface area contributed by atoms with Crippen LogP contribution in [0.2, 0.25) is 0 Å². The molecule has 0 radical (unpaired) electrons. The summed E-state index contributed by atoms with van der Waals surface area (Å²) in [6.07, 6.45) is 0. The molecule has 0 bridgehead atoms. The summed E-state index contributed by atoms with van der Waals surface area (Å²) in [6, 6.07) is 10.1. The summed E-state index contributed by atoms with van der Waals surface area (Å²) in [5.41, 5.74) is 4.09. The van der Waals surface area contributed by atoms with Gasteiger partial charge in [0, 0.05) is 20.2 Å². The molecule has 0 fully saturated rings. The second-order valence-electron chi connectivity index (χ2n) is 6.47. The number of hydrogen-bond donors (Lipinski definition) is 2. The molecule has 1 aliphatic rings. The molecule has 4 rings (SSSR count). The first kappa shape index (κ1) is 16.7. The number of aromatic amines is 1. The molecule has 136 valence electrons. The standard InChI is InChI=1S/C18H22N6O2/c1-26-12-18(25)19-9-13-8-14-10-23(6-7-24(14)22-13)11-17-20-15-4-2-3-5-16(15)21-17/h2-5,8H,6-7,9-12H2,1H3,(H,19,25)(H,20,21). The van der Waals surface area contributed by atoms with Gasteiger partial charge in [0.15, 0.2) is 0 Å². The number of H-pyrrole nitrogens is 1. The Morgan fingerprint density at radius 1 is 1.35 bits per heavy atom. The van der Waals surface area contributed by atoms with Gasteiger partial charge in [-0.15, -0.1) is 0 Å². The SMILES string of the molecule is COCC(=O)NCc1cc2n(n1)CCN(Cc1nc3ccccc3[nH]1)C2. The zero-order valence-electron chi connectivity index (χ0n) is 14.7. The van der Waals surface area contributed by atoms with Crippen LogP contribution in [-0.2, 0) is 35.7 Å². The Kier molecular flexibility index (Phi) is 4.68. The number of amides is 1. The normalized spacial score (nSPS) is 14.5. The van der Waals surface area contributed by atoms with Crippen molar-refractivity contribution in [3.05, 3.63) is 47.5 Å². The fourth-order valence-electron chi connectivity index (χ4n) is 3.27. The summed E-state index contributed by atoms with van der Waals surface area (Å²) in [7, 11) is 1.51. The maximum atomic E-state index is 11.5. The number of carbonyl (C=O) groups excluding carboxylic acids is 1. The first-order valence-corrected chi connectivity index (χ1v) is 8.68. The van der Waals surface area contributed by atoms with Crippen LogP contribution < -0.4 is 5.32 Å². The van der Waals surface area contributed by atoms with Crippen LogP contribution in [-0.4, -0.2) is 50.8 Å². The molecule has 2 N–H and O–H groups in total. The Morgan fingerprint density at radius 2 is 2.23 bits per heavy atom. The minimum Gasteiger partial charge on any atom is -0.375 e. The first-order chi connectivity index (χ1) is 12.7. The number of imidazole rings is 1.